The van der Waals surface area contributed by atoms with E-state index >= 15 is 0 Å². The Hall–Kier alpha value is -2.02. The summed E-state index contributed by atoms with van der Waals surface area (Å²) in [4.78, 5) is 27.4. The van der Waals surface area contributed by atoms with Crippen LogP contribution in [0.5, 0.6) is 5.75 Å². The average Bonchev–Trinajstić information content (AvgIpc) is 3.19. The molecule has 1 atom stereocenters. The molecule has 6 nitrogen and oxygen atoms in total. The van der Waals surface area contributed by atoms with Crippen molar-refractivity contribution in [1.29, 1.82) is 0 Å². The number of thioether (sulfide) groups is 1. The first-order valence-electron chi connectivity index (χ1n) is 8.32. The summed E-state index contributed by atoms with van der Waals surface area (Å²) in [5.41, 5.74) is -0.0650. The number of nitrogens with zero attached hydrogens (tertiary/aromatic N) is 1. The summed E-state index contributed by atoms with van der Waals surface area (Å²) in [6, 6.07) is 3.27. The van der Waals surface area contributed by atoms with Crippen LogP contribution in [0.15, 0.2) is 35.1 Å². The summed E-state index contributed by atoms with van der Waals surface area (Å²) in [7, 11) is 0. The SMILES string of the molecule is CC1(C)CC1C(=O)N/C(=C/CCCCSc1ncccc1O)C(=O)O. The van der Waals surface area contributed by atoms with E-state index in [0.717, 1.165) is 25.0 Å². The minimum Gasteiger partial charge on any atom is -0.505 e. The maximum absolute atomic E-state index is 12.0. The van der Waals surface area contributed by atoms with Gasteiger partial charge in [0.05, 0.1) is 0 Å². The third-order valence-electron chi connectivity index (χ3n) is 4.25. The molecule has 1 fully saturated rings. The van der Waals surface area contributed by atoms with E-state index in [0.29, 0.717) is 11.4 Å². The van der Waals surface area contributed by atoms with Gasteiger partial charge in [-0.25, -0.2) is 9.78 Å². The van der Waals surface area contributed by atoms with E-state index < -0.39 is 5.97 Å². The van der Waals surface area contributed by atoms with Crippen molar-refractivity contribution in [2.24, 2.45) is 11.3 Å². The number of carboxylic acid groups (broad SMARTS) is 1. The second kappa shape index (κ2) is 8.38. The van der Waals surface area contributed by atoms with Gasteiger partial charge in [0.2, 0.25) is 5.91 Å². The number of carbonyl (C=O) groups excluding carboxylic acids is 1. The van der Waals surface area contributed by atoms with E-state index in [1.807, 2.05) is 13.8 Å². The Labute approximate surface area is 151 Å². The molecule has 0 saturated heterocycles. The number of nitrogens with one attached hydrogen (secondary N) is 1. The number of hydrogen-bond acceptors (Lipinski definition) is 5. The van der Waals surface area contributed by atoms with Crippen molar-refractivity contribution < 1.29 is 19.8 Å². The zero-order chi connectivity index (χ0) is 18.4. The number of amides is 1. The molecule has 0 aromatic carbocycles. The van der Waals surface area contributed by atoms with Crippen molar-refractivity contribution in [3.63, 3.8) is 0 Å². The predicted octanol–water partition coefficient (Wildman–Crippen LogP) is 3.18. The molecule has 25 heavy (non-hydrogen) atoms. The fourth-order valence-corrected chi connectivity index (χ4v) is 3.37. The molecule has 7 heteroatoms. The van der Waals surface area contributed by atoms with E-state index in [1.165, 1.54) is 11.8 Å². The van der Waals surface area contributed by atoms with Gasteiger partial charge in [0.15, 0.2) is 0 Å². The second-order valence-electron chi connectivity index (χ2n) is 6.83. The van der Waals surface area contributed by atoms with Gasteiger partial charge in [-0.15, -0.1) is 11.8 Å². The van der Waals surface area contributed by atoms with Gasteiger partial charge in [-0.3, -0.25) is 4.79 Å². The quantitative estimate of drug-likeness (QED) is 0.353. The monoisotopic (exact) mass is 364 g/mol. The van der Waals surface area contributed by atoms with Crippen molar-refractivity contribution >= 4 is 23.6 Å². The Bertz CT molecular complexity index is 673. The van der Waals surface area contributed by atoms with Crippen LogP contribution in [0.3, 0.4) is 0 Å². The van der Waals surface area contributed by atoms with Gasteiger partial charge < -0.3 is 15.5 Å². The van der Waals surface area contributed by atoms with Crippen molar-refractivity contribution in [2.75, 3.05) is 5.75 Å². The first-order chi connectivity index (χ1) is 11.8. The number of aromatic hydroxyl groups is 1. The largest absolute Gasteiger partial charge is 0.505 e. The van der Waals surface area contributed by atoms with Gasteiger partial charge in [0.25, 0.3) is 0 Å². The number of allylic oxidation sites excluding steroid dienone is 1. The molecule has 1 aromatic heterocycles. The van der Waals surface area contributed by atoms with E-state index in [2.05, 4.69) is 10.3 Å². The maximum atomic E-state index is 12.0. The molecule has 1 aliphatic carbocycles. The number of carbonyl (C=O) groups is 2. The summed E-state index contributed by atoms with van der Waals surface area (Å²) in [5.74, 6) is -0.466. The lowest BCUT2D eigenvalue weighted by molar-refractivity contribution is -0.135. The first kappa shape index (κ1) is 19.3. The summed E-state index contributed by atoms with van der Waals surface area (Å²) < 4.78 is 0. The zero-order valence-corrected chi connectivity index (χ0v) is 15.3. The highest BCUT2D eigenvalue weighted by Gasteiger charge is 2.50. The molecule has 1 amide bonds. The van der Waals surface area contributed by atoms with E-state index in [9.17, 15) is 19.8 Å². The van der Waals surface area contributed by atoms with Crippen molar-refractivity contribution in [2.45, 2.75) is 44.6 Å². The van der Waals surface area contributed by atoms with Gasteiger partial charge in [-0.2, -0.15) is 0 Å². The van der Waals surface area contributed by atoms with Crippen LogP contribution in [0.25, 0.3) is 0 Å². The highest BCUT2D eigenvalue weighted by atomic mass is 32.2. The number of rotatable bonds is 9. The predicted molar refractivity (Wildman–Crippen MR) is 96.2 cm³/mol. The van der Waals surface area contributed by atoms with Crippen molar-refractivity contribution in [3.05, 3.63) is 30.1 Å². The molecule has 3 N–H and O–H groups in total. The number of hydrogen-bond donors (Lipinski definition) is 3. The Morgan fingerprint density at radius 3 is 2.76 bits per heavy atom. The summed E-state index contributed by atoms with van der Waals surface area (Å²) in [6.07, 6.45) is 6.22. The average molecular weight is 364 g/mol. The molecule has 136 valence electrons. The third-order valence-corrected chi connectivity index (χ3v) is 5.34. The number of aliphatic carboxylic acids is 1. The summed E-state index contributed by atoms with van der Waals surface area (Å²) in [6.45, 7) is 4.00. The third kappa shape index (κ3) is 5.77. The Balaban J connectivity index is 1.72. The van der Waals surface area contributed by atoms with Gasteiger partial charge in [0.1, 0.15) is 16.5 Å². The minimum atomic E-state index is -1.11. The van der Waals surface area contributed by atoms with Crippen molar-refractivity contribution in [1.82, 2.24) is 10.3 Å². The van der Waals surface area contributed by atoms with E-state index in [4.69, 9.17) is 0 Å². The second-order valence-corrected chi connectivity index (χ2v) is 7.91. The molecule has 1 unspecified atom stereocenters. The lowest BCUT2D eigenvalue weighted by Gasteiger charge is -2.07. The molecule has 1 aliphatic rings. The lowest BCUT2D eigenvalue weighted by atomic mass is 10.1. The topological polar surface area (TPSA) is 99.5 Å². The molecule has 1 heterocycles. The van der Waals surface area contributed by atoms with E-state index in [-0.39, 0.29) is 28.7 Å². The van der Waals surface area contributed by atoms with Crippen LogP contribution in [-0.4, -0.2) is 32.8 Å². The number of pyridine rings is 1. The standard InChI is InChI=1S/C18H24N2O4S/c1-18(2)11-12(18)15(22)20-13(17(23)24)7-4-3-5-10-25-16-14(21)8-6-9-19-16/h6-9,12,21H,3-5,10-11H2,1-2H3,(H,20,22)(H,23,24)/b13-7+. The molecule has 0 aliphatic heterocycles. The Kier molecular flexibility index (Phi) is 6.47. The fourth-order valence-electron chi connectivity index (χ4n) is 2.48. The number of aromatic nitrogens is 1. The fraction of sp³-hybridized carbons (Fsp3) is 0.500. The smallest absolute Gasteiger partial charge is 0.352 e. The highest BCUT2D eigenvalue weighted by molar-refractivity contribution is 7.99. The van der Waals surface area contributed by atoms with Crippen molar-refractivity contribution in [3.8, 4) is 5.75 Å². The van der Waals surface area contributed by atoms with Crippen LogP contribution in [0.1, 0.15) is 39.5 Å². The molecular formula is C18H24N2O4S. The molecular weight excluding hydrogens is 340 g/mol. The summed E-state index contributed by atoms with van der Waals surface area (Å²) in [5, 5.41) is 22.0. The normalized spacial score (nSPS) is 18.6. The van der Waals surface area contributed by atoms with E-state index in [1.54, 1.807) is 24.4 Å². The van der Waals surface area contributed by atoms with Gasteiger partial charge >= 0.3 is 5.97 Å². The molecule has 2 rings (SSSR count). The number of unbranched alkanes of at least 4 members (excludes halogenated alkanes) is 2. The van der Waals surface area contributed by atoms with Crippen LogP contribution in [0.4, 0.5) is 0 Å². The molecule has 0 bridgehead atoms. The van der Waals surface area contributed by atoms with Crippen LogP contribution in [0.2, 0.25) is 0 Å². The number of carboxylic acids is 1. The summed E-state index contributed by atoms with van der Waals surface area (Å²) >= 11 is 1.47. The lowest BCUT2D eigenvalue weighted by Crippen LogP contribution is -2.29. The molecule has 1 saturated carbocycles. The van der Waals surface area contributed by atoms with Gasteiger partial charge in [0, 0.05) is 12.1 Å². The zero-order valence-electron chi connectivity index (χ0n) is 14.5. The van der Waals surface area contributed by atoms with Gasteiger partial charge in [-0.1, -0.05) is 19.9 Å². The minimum absolute atomic E-state index is 0.0258. The maximum Gasteiger partial charge on any atom is 0.352 e. The highest BCUT2D eigenvalue weighted by Crippen LogP contribution is 2.51. The van der Waals surface area contributed by atoms with Crippen LogP contribution in [-0.2, 0) is 9.59 Å². The molecule has 0 radical (unpaired) electrons. The molecule has 0 spiro atoms. The first-order valence-corrected chi connectivity index (χ1v) is 9.31. The Morgan fingerprint density at radius 1 is 1.44 bits per heavy atom. The van der Waals surface area contributed by atoms with Crippen LogP contribution < -0.4 is 5.32 Å². The molecule has 1 aromatic rings. The van der Waals surface area contributed by atoms with Crippen LogP contribution >= 0.6 is 11.8 Å². The van der Waals surface area contributed by atoms with Crippen LogP contribution in [0, 0.1) is 11.3 Å². The van der Waals surface area contributed by atoms with Gasteiger partial charge in [-0.05, 0) is 49.0 Å². The Morgan fingerprint density at radius 2 is 2.16 bits per heavy atom.